The van der Waals surface area contributed by atoms with E-state index < -0.39 is 70.5 Å². The van der Waals surface area contributed by atoms with Crippen LogP contribution in [0.1, 0.15) is 68.8 Å². The van der Waals surface area contributed by atoms with Gasteiger partial charge in [-0.1, -0.05) is 12.1 Å². The Hall–Kier alpha value is 3.49. The van der Waals surface area contributed by atoms with Crippen molar-refractivity contribution >= 4 is 17.3 Å². The molecule has 0 saturated carbocycles. The number of benzene rings is 2. The summed E-state index contributed by atoms with van der Waals surface area (Å²) < 4.78 is 28.9. The average molecular weight is 1190 g/mol. The third kappa shape index (κ3) is 13.5. The van der Waals surface area contributed by atoms with Gasteiger partial charge in [-0.15, -0.1) is 6.73 Å². The van der Waals surface area contributed by atoms with Crippen LogP contribution in [0, 0.1) is 13.7 Å². The number of phenols is 2. The molecule has 6 rings (SSSR count). The van der Waals surface area contributed by atoms with Crippen LogP contribution in [-0.4, -0.2) is 88.7 Å². The number of phenolic OH excluding ortho intramolecular Hbond substituents is 2. The summed E-state index contributed by atoms with van der Waals surface area (Å²) in [4.78, 5) is 41.8. The minimum atomic E-state index is -2.09. The first kappa shape index (κ1) is 72.0. The molecule has 284 valence electrons. The Kier molecular flexibility index (Phi) is 39.6. The Bertz CT molecular complexity index is 1530. The van der Waals surface area contributed by atoms with E-state index in [0.717, 1.165) is 0 Å². The van der Waals surface area contributed by atoms with Crippen molar-refractivity contribution in [2.75, 3.05) is 21.0 Å². The molecule has 0 unspecified atom stereocenters. The third-order valence-corrected chi connectivity index (χ3v) is 8.65. The minimum Gasteiger partial charge on any atom is -0.517 e. The van der Waals surface area contributed by atoms with Crippen molar-refractivity contribution in [3.8, 4) is 17.2 Å². The van der Waals surface area contributed by atoms with Crippen LogP contribution in [-0.2, 0) is 253 Å². The first-order chi connectivity index (χ1) is 20.0. The second kappa shape index (κ2) is 29.7. The van der Waals surface area contributed by atoms with Crippen LogP contribution in [0.4, 0.5) is 0 Å². The fourth-order valence-electron chi connectivity index (χ4n) is 6.52. The first-order valence-corrected chi connectivity index (χ1v) is 13.5. The summed E-state index contributed by atoms with van der Waals surface area (Å²) in [6, 6.07) is 4.25. The van der Waals surface area contributed by atoms with Gasteiger partial charge in [-0.25, -0.2) is 0 Å². The van der Waals surface area contributed by atoms with Gasteiger partial charge in [0.05, 0.1) is 42.1 Å². The van der Waals surface area contributed by atoms with E-state index >= 15 is 0 Å². The zero-order chi connectivity index (χ0) is 30.1. The number of fused-ring (bicyclic) bond motifs is 4. The van der Waals surface area contributed by atoms with Gasteiger partial charge in [-0.3, -0.25) is 9.59 Å². The Morgan fingerprint density at radius 1 is 0.926 bits per heavy atom. The SMILES string of the molecule is [CH2-]C(=O)[C@]1(O)Cc2c(O)c3c(c(O)c2[C@@H](O[C@H]2C[C@H]4[C@H](OCO[CH-]N4C)[C@H](C)O2)C1)C(=O)c1c(OC)cccc1C3=O.[V].[V].[V].[V].[V].[V].[V].[V].[V].[V].[V].[V]. The van der Waals surface area contributed by atoms with E-state index in [1.54, 1.807) is 6.73 Å². The van der Waals surface area contributed by atoms with Gasteiger partial charge in [-0.2, -0.15) is 0 Å². The Morgan fingerprint density at radius 2 is 1.50 bits per heavy atom. The van der Waals surface area contributed by atoms with Gasteiger partial charge >= 0.3 is 0 Å². The number of aromatic hydroxyl groups is 2. The summed E-state index contributed by atoms with van der Waals surface area (Å²) in [7, 11) is 3.17. The molecule has 2 aliphatic heterocycles. The fraction of sp³-hybridized carbons (Fsp3) is 0.433. The maximum absolute atomic E-state index is 13.8. The summed E-state index contributed by atoms with van der Waals surface area (Å²) in [5.41, 5.74) is -3.09. The van der Waals surface area contributed by atoms with E-state index in [1.807, 2.05) is 18.9 Å². The van der Waals surface area contributed by atoms with Crippen molar-refractivity contribution in [3.05, 3.63) is 65.2 Å². The minimum absolute atomic E-state index is 0. The molecule has 0 spiro atoms. The molecular weight excluding hydrogens is 1160 g/mol. The molecular formula is C30H31NO11V12-2. The van der Waals surface area contributed by atoms with Crippen molar-refractivity contribution in [2.45, 2.75) is 62.4 Å². The molecule has 12 radical (unpaired) electrons. The zero-order valence-corrected chi connectivity index (χ0v) is 45.4. The molecule has 2 aliphatic carbocycles. The van der Waals surface area contributed by atoms with E-state index in [1.165, 1.54) is 25.3 Å². The quantitative estimate of drug-likeness (QED) is 0.258. The van der Waals surface area contributed by atoms with Gasteiger partial charge in [-0.05, 0) is 20.0 Å². The maximum atomic E-state index is 13.8. The number of ketones is 3. The predicted molar refractivity (Wildman–Crippen MR) is 143 cm³/mol. The number of nitrogens with zero attached hydrogens (tertiary/aromatic N) is 1. The van der Waals surface area contributed by atoms with Gasteiger partial charge in [0.2, 0.25) is 5.78 Å². The van der Waals surface area contributed by atoms with Gasteiger partial charge in [0.1, 0.15) is 29.6 Å². The van der Waals surface area contributed by atoms with Crippen LogP contribution in [0.15, 0.2) is 18.2 Å². The largest absolute Gasteiger partial charge is 0.517 e. The molecule has 6 atom stereocenters. The van der Waals surface area contributed by atoms with Crippen LogP contribution in [0.25, 0.3) is 0 Å². The molecule has 2 saturated heterocycles. The summed E-state index contributed by atoms with van der Waals surface area (Å²) in [5.74, 6) is -3.36. The molecule has 4 aliphatic rings. The Balaban J connectivity index is -0.000000368. The number of methoxy groups -OCH3 is 1. The molecule has 0 aromatic heterocycles. The average Bonchev–Trinajstić information content (AvgIpc) is 3.14. The van der Waals surface area contributed by atoms with E-state index in [2.05, 4.69) is 6.92 Å². The second-order valence-corrected chi connectivity index (χ2v) is 11.1. The van der Waals surface area contributed by atoms with Crippen LogP contribution < -0.4 is 4.74 Å². The molecule has 0 bridgehead atoms. The second-order valence-electron chi connectivity index (χ2n) is 11.1. The summed E-state index contributed by atoms with van der Waals surface area (Å²) in [6.45, 7) is 6.80. The zero-order valence-electron chi connectivity index (χ0n) is 28.7. The van der Waals surface area contributed by atoms with Crippen LogP contribution in [0.5, 0.6) is 17.2 Å². The topological polar surface area (TPSA) is 161 Å². The number of carbonyl (C=O) groups excluding carboxylic acids is 3. The molecule has 24 heteroatoms. The summed E-state index contributed by atoms with van der Waals surface area (Å²) in [5, 5.41) is 34.4. The molecule has 54 heavy (non-hydrogen) atoms. The van der Waals surface area contributed by atoms with Crippen molar-refractivity contribution in [3.63, 3.8) is 0 Å². The summed E-state index contributed by atoms with van der Waals surface area (Å²) in [6.07, 6.45) is -3.44. The van der Waals surface area contributed by atoms with Gasteiger partial charge < -0.3 is 55.6 Å². The Morgan fingerprint density at radius 3 is 2.06 bits per heavy atom. The monoisotopic (exact) mass is 1190 g/mol. The van der Waals surface area contributed by atoms with E-state index in [-0.39, 0.29) is 282 Å². The van der Waals surface area contributed by atoms with Crippen LogP contribution in [0.3, 0.4) is 0 Å². The number of carbonyl (C=O) groups is 3. The molecule has 2 aromatic rings. The number of hydrogen-bond acceptors (Lipinski definition) is 12. The normalized spacial score (nSPS) is 24.0. The van der Waals surface area contributed by atoms with Crippen molar-refractivity contribution < 1.29 is 276 Å². The molecule has 0 amide bonds. The van der Waals surface area contributed by atoms with Crippen molar-refractivity contribution in [1.29, 1.82) is 0 Å². The predicted octanol–water partition coefficient (Wildman–Crippen LogP) is 1.92. The number of rotatable bonds is 4. The molecule has 12 nitrogen and oxygen atoms in total. The number of hydrogen-bond donors (Lipinski definition) is 3. The first-order valence-electron chi connectivity index (χ1n) is 13.5. The molecule has 2 fully saturated rings. The van der Waals surface area contributed by atoms with Gasteiger partial charge in [0, 0.05) is 270 Å². The Labute approximate surface area is 457 Å². The van der Waals surface area contributed by atoms with Gasteiger partial charge in [0.15, 0.2) is 12.1 Å². The van der Waals surface area contributed by atoms with Crippen LogP contribution >= 0.6 is 0 Å². The smallest absolute Gasteiger partial charge is 0.202 e. The van der Waals surface area contributed by atoms with E-state index in [4.69, 9.17) is 23.7 Å². The standard InChI is InChI=1S/C30H31NO11.12V/c1-13-29-17(31(3)11-39-12-40-29)8-20(41-13)42-19-10-30(37,14(2)32)9-16-22(19)28(36)24-23(26(16)34)25(33)15-6-5-7-18(38-4)21(15)27(24)35;;;;;;;;;;;;/h5-7,11,13,17,19-20,29,34,36-37H,2,8-10,12H2,1,3-4H3;;;;;;;;;;;;/q-2;;;;;;;;;;;;/t13-,17-,19-,20-,29+,30-;;;;;;;;;;;;/m0............/s1. The van der Waals surface area contributed by atoms with Crippen LogP contribution in [0.2, 0.25) is 0 Å². The van der Waals surface area contributed by atoms with Crippen molar-refractivity contribution in [1.82, 2.24) is 4.90 Å². The molecule has 2 heterocycles. The number of likely N-dealkylation sites (N-methyl/N-ethyl adjacent to an activating group) is 1. The number of aliphatic hydroxyl groups is 1. The van der Waals surface area contributed by atoms with E-state index in [0.29, 0.717) is 0 Å². The molecule has 3 N–H and O–H groups in total. The summed E-state index contributed by atoms with van der Waals surface area (Å²) >= 11 is 0. The number of Topliss-reactive ketones (excluding diaryl/α,β-unsaturated/α-hetero) is 1. The fourth-order valence-corrected chi connectivity index (χ4v) is 6.52. The third-order valence-electron chi connectivity index (χ3n) is 8.65. The maximum Gasteiger partial charge on any atom is 0.202 e. The van der Waals surface area contributed by atoms with E-state index in [9.17, 15) is 29.7 Å². The van der Waals surface area contributed by atoms with Crippen molar-refractivity contribution in [2.24, 2.45) is 0 Å². The molecule has 2 aromatic carbocycles. The number of ether oxygens (including phenoxy) is 5. The van der Waals surface area contributed by atoms with Gasteiger partial charge in [0.25, 0.3) is 0 Å².